The van der Waals surface area contributed by atoms with E-state index >= 15 is 0 Å². The quantitative estimate of drug-likeness (QED) is 0.716. The molecular weight excluding hydrogens is 204 g/mol. The monoisotopic (exact) mass is 215 g/mol. The summed E-state index contributed by atoms with van der Waals surface area (Å²) in [5.41, 5.74) is 0. The third-order valence-electron chi connectivity index (χ3n) is 1.97. The van der Waals surface area contributed by atoms with E-state index in [0.29, 0.717) is 0 Å². The van der Waals surface area contributed by atoms with E-state index in [1.807, 2.05) is 54.8 Å². The molecule has 1 radical (unpaired) electrons. The summed E-state index contributed by atoms with van der Waals surface area (Å²) >= 11 is 1.68. The average Bonchev–Trinajstić information content (AvgIpc) is 2.31. The van der Waals surface area contributed by atoms with Crippen molar-refractivity contribution >= 4 is 11.8 Å². The molecule has 2 rings (SSSR count). The molecule has 2 aromatic carbocycles. The van der Waals surface area contributed by atoms with E-state index in [9.17, 15) is 0 Å². The maximum absolute atomic E-state index is 5.72. The van der Waals surface area contributed by atoms with Gasteiger partial charge in [-0.2, -0.15) is 0 Å². The second kappa shape index (κ2) is 4.89. The number of benzene rings is 2. The predicted molar refractivity (Wildman–Crippen MR) is 63.6 cm³/mol. The molecule has 15 heavy (non-hydrogen) atoms. The van der Waals surface area contributed by atoms with Gasteiger partial charge in [0.2, 0.25) is 0 Å². The fraction of sp³-hybridized carbons (Fsp3) is 0.0769. The lowest BCUT2D eigenvalue weighted by atomic mass is 10.3. The number of hydrogen-bond acceptors (Lipinski definition) is 2. The molecule has 2 heteroatoms. The first-order valence-electron chi connectivity index (χ1n) is 4.68. The molecule has 0 bridgehead atoms. The molecule has 0 saturated heterocycles. The lowest BCUT2D eigenvalue weighted by Gasteiger charge is -2.08. The molecule has 0 unspecified atom stereocenters. The fourth-order valence-corrected chi connectivity index (χ4v) is 1.79. The van der Waals surface area contributed by atoms with Gasteiger partial charge in [0.1, 0.15) is 11.5 Å². The molecule has 2 aromatic rings. The Morgan fingerprint density at radius 1 is 1.07 bits per heavy atom. The molecule has 0 aromatic heterocycles. The molecule has 0 aliphatic carbocycles. The molecule has 0 amide bonds. The summed E-state index contributed by atoms with van der Waals surface area (Å²) in [6, 6.07) is 18.6. The van der Waals surface area contributed by atoms with Crippen LogP contribution in [0.5, 0.6) is 11.5 Å². The van der Waals surface area contributed by atoms with E-state index in [0.717, 1.165) is 16.4 Å². The van der Waals surface area contributed by atoms with Crippen LogP contribution >= 0.6 is 11.8 Å². The van der Waals surface area contributed by atoms with Gasteiger partial charge in [-0.05, 0) is 24.5 Å². The predicted octanol–water partition coefficient (Wildman–Crippen LogP) is 4.00. The second-order valence-electron chi connectivity index (χ2n) is 2.98. The number of thioether (sulfide) groups is 1. The number of hydrogen-bond donors (Lipinski definition) is 0. The molecule has 0 spiro atoms. The highest BCUT2D eigenvalue weighted by atomic mass is 32.2. The normalized spacial score (nSPS) is 9.93. The Bertz CT molecular complexity index is 426. The SMILES string of the molecule is CSc1ccccc1Oc1[c]cccc1. The Labute approximate surface area is 94.1 Å². The minimum absolute atomic E-state index is 0.749. The summed E-state index contributed by atoms with van der Waals surface area (Å²) in [6.07, 6.45) is 2.04. The van der Waals surface area contributed by atoms with E-state index in [-0.39, 0.29) is 0 Å². The van der Waals surface area contributed by atoms with Gasteiger partial charge in [0.15, 0.2) is 0 Å². The van der Waals surface area contributed by atoms with Crippen molar-refractivity contribution in [3.63, 3.8) is 0 Å². The Kier molecular flexibility index (Phi) is 3.30. The Morgan fingerprint density at radius 3 is 2.60 bits per heavy atom. The summed E-state index contributed by atoms with van der Waals surface area (Å²) in [4.78, 5) is 1.13. The highest BCUT2D eigenvalue weighted by Crippen LogP contribution is 2.30. The van der Waals surface area contributed by atoms with Gasteiger partial charge in [-0.15, -0.1) is 11.8 Å². The molecular formula is C13H11OS. The van der Waals surface area contributed by atoms with Crippen molar-refractivity contribution in [2.45, 2.75) is 4.90 Å². The van der Waals surface area contributed by atoms with Crippen LogP contribution in [0.25, 0.3) is 0 Å². The van der Waals surface area contributed by atoms with Crippen LogP contribution in [0.3, 0.4) is 0 Å². The Hall–Kier alpha value is -1.41. The van der Waals surface area contributed by atoms with Crippen LogP contribution in [0.2, 0.25) is 0 Å². The first kappa shape index (κ1) is 10.1. The standard InChI is InChI=1S/C13H11OS/c1-15-13-10-6-5-9-12(13)14-11-7-3-2-4-8-11/h2-7,9-10H,1H3. The van der Waals surface area contributed by atoms with Gasteiger partial charge in [-0.1, -0.05) is 30.3 Å². The molecule has 0 fully saturated rings. The molecule has 0 aliphatic rings. The van der Waals surface area contributed by atoms with Crippen molar-refractivity contribution in [2.24, 2.45) is 0 Å². The number of para-hydroxylation sites is 2. The maximum atomic E-state index is 5.72. The zero-order valence-electron chi connectivity index (χ0n) is 8.44. The van der Waals surface area contributed by atoms with E-state index in [2.05, 4.69) is 6.07 Å². The van der Waals surface area contributed by atoms with Crippen LogP contribution in [-0.4, -0.2) is 6.26 Å². The van der Waals surface area contributed by atoms with Crippen molar-refractivity contribution in [3.05, 3.63) is 54.6 Å². The summed E-state index contributed by atoms with van der Waals surface area (Å²) < 4.78 is 5.72. The largest absolute Gasteiger partial charge is 0.456 e. The van der Waals surface area contributed by atoms with Crippen LogP contribution in [0.1, 0.15) is 0 Å². The van der Waals surface area contributed by atoms with Crippen molar-refractivity contribution < 1.29 is 4.74 Å². The van der Waals surface area contributed by atoms with E-state index in [1.165, 1.54) is 0 Å². The summed E-state index contributed by atoms with van der Waals surface area (Å²) in [5, 5.41) is 0. The van der Waals surface area contributed by atoms with Gasteiger partial charge >= 0.3 is 0 Å². The van der Waals surface area contributed by atoms with Gasteiger partial charge < -0.3 is 4.74 Å². The zero-order valence-corrected chi connectivity index (χ0v) is 9.25. The summed E-state index contributed by atoms with van der Waals surface area (Å²) in [6.45, 7) is 0. The number of rotatable bonds is 3. The molecule has 0 saturated carbocycles. The maximum Gasteiger partial charge on any atom is 0.140 e. The van der Waals surface area contributed by atoms with Gasteiger partial charge in [-0.3, -0.25) is 0 Å². The average molecular weight is 215 g/mol. The van der Waals surface area contributed by atoms with Crippen LogP contribution in [0.15, 0.2) is 53.4 Å². The molecule has 75 valence electrons. The summed E-state index contributed by atoms with van der Waals surface area (Å²) in [7, 11) is 0. The van der Waals surface area contributed by atoms with Crippen LogP contribution in [0, 0.1) is 6.07 Å². The van der Waals surface area contributed by atoms with Gasteiger partial charge in [0.25, 0.3) is 0 Å². The van der Waals surface area contributed by atoms with Crippen LogP contribution in [-0.2, 0) is 0 Å². The first-order chi connectivity index (χ1) is 7.40. The van der Waals surface area contributed by atoms with E-state index in [1.54, 1.807) is 11.8 Å². The smallest absolute Gasteiger partial charge is 0.140 e. The highest BCUT2D eigenvalue weighted by molar-refractivity contribution is 7.98. The number of ether oxygens (including phenoxy) is 1. The lowest BCUT2D eigenvalue weighted by Crippen LogP contribution is -1.85. The van der Waals surface area contributed by atoms with Crippen LogP contribution in [0.4, 0.5) is 0 Å². The van der Waals surface area contributed by atoms with E-state index < -0.39 is 0 Å². The topological polar surface area (TPSA) is 9.23 Å². The van der Waals surface area contributed by atoms with Gasteiger partial charge in [0.05, 0.1) is 0 Å². The Morgan fingerprint density at radius 2 is 1.87 bits per heavy atom. The molecule has 0 heterocycles. The second-order valence-corrected chi connectivity index (χ2v) is 3.83. The van der Waals surface area contributed by atoms with Gasteiger partial charge in [-0.25, -0.2) is 0 Å². The molecule has 0 atom stereocenters. The van der Waals surface area contributed by atoms with Crippen molar-refractivity contribution in [1.82, 2.24) is 0 Å². The van der Waals surface area contributed by atoms with E-state index in [4.69, 9.17) is 4.74 Å². The van der Waals surface area contributed by atoms with Crippen LogP contribution < -0.4 is 4.74 Å². The minimum atomic E-state index is 0.749. The summed E-state index contributed by atoms with van der Waals surface area (Å²) in [5.74, 6) is 1.63. The zero-order chi connectivity index (χ0) is 10.5. The first-order valence-corrected chi connectivity index (χ1v) is 5.90. The molecule has 0 aliphatic heterocycles. The highest BCUT2D eigenvalue weighted by Gasteiger charge is 2.02. The lowest BCUT2D eigenvalue weighted by molar-refractivity contribution is 0.470. The third-order valence-corrected chi connectivity index (χ3v) is 2.75. The fourth-order valence-electron chi connectivity index (χ4n) is 1.26. The third kappa shape index (κ3) is 2.54. The minimum Gasteiger partial charge on any atom is -0.456 e. The van der Waals surface area contributed by atoms with Crippen molar-refractivity contribution in [3.8, 4) is 11.5 Å². The van der Waals surface area contributed by atoms with Gasteiger partial charge in [0, 0.05) is 11.0 Å². The Balaban J connectivity index is 2.24. The van der Waals surface area contributed by atoms with Crippen molar-refractivity contribution in [2.75, 3.05) is 6.26 Å². The molecule has 0 N–H and O–H groups in total. The van der Waals surface area contributed by atoms with Crippen molar-refractivity contribution in [1.29, 1.82) is 0 Å². The molecule has 1 nitrogen and oxygen atoms in total.